The van der Waals surface area contributed by atoms with Crippen LogP contribution in [-0.4, -0.2) is 26.5 Å². The largest absolute Gasteiger partial charge is 0.422 e. The number of aryl methyl sites for hydroxylation is 1. The molecule has 0 radical (unpaired) electrons. The fraction of sp³-hybridized carbons (Fsp3) is 0.0333. The maximum absolute atomic E-state index is 12.7. The van der Waals surface area contributed by atoms with Crippen LogP contribution < -0.4 is 14.9 Å². The van der Waals surface area contributed by atoms with Gasteiger partial charge in [0.05, 0.1) is 16.1 Å². The van der Waals surface area contributed by atoms with E-state index < -0.39 is 21.9 Å². The molecule has 5 aromatic rings. The highest BCUT2D eigenvalue weighted by Gasteiger charge is 2.19. The Morgan fingerprint density at radius 3 is 2.39 bits per heavy atom. The van der Waals surface area contributed by atoms with Crippen LogP contribution in [0.25, 0.3) is 10.1 Å². The molecule has 5 rings (SSSR count). The highest BCUT2D eigenvalue weighted by Crippen LogP contribution is 2.35. The van der Waals surface area contributed by atoms with E-state index in [-0.39, 0.29) is 10.5 Å². The molecule has 0 bridgehead atoms. The van der Waals surface area contributed by atoms with Gasteiger partial charge in [0.25, 0.3) is 15.9 Å². The van der Waals surface area contributed by atoms with Gasteiger partial charge in [0.15, 0.2) is 0 Å². The molecule has 0 saturated heterocycles. The Morgan fingerprint density at radius 1 is 0.927 bits per heavy atom. The van der Waals surface area contributed by atoms with Crippen molar-refractivity contribution in [2.24, 2.45) is 5.10 Å². The Hall–Kier alpha value is -4.51. The second kappa shape index (κ2) is 11.9. The first-order chi connectivity index (χ1) is 19.7. The molecule has 0 fully saturated rings. The van der Waals surface area contributed by atoms with Gasteiger partial charge in [-0.25, -0.2) is 18.6 Å². The van der Waals surface area contributed by atoms with Crippen LogP contribution in [0.5, 0.6) is 5.75 Å². The molecular weight excluding hydrogens is 582 g/mol. The summed E-state index contributed by atoms with van der Waals surface area (Å²) in [6.07, 6.45) is 1.41. The first-order valence-electron chi connectivity index (χ1n) is 12.2. The van der Waals surface area contributed by atoms with E-state index >= 15 is 0 Å². The van der Waals surface area contributed by atoms with Gasteiger partial charge >= 0.3 is 5.97 Å². The summed E-state index contributed by atoms with van der Waals surface area (Å²) < 4.78 is 34.0. The van der Waals surface area contributed by atoms with Crippen molar-refractivity contribution in [3.63, 3.8) is 0 Å². The van der Waals surface area contributed by atoms with Crippen molar-refractivity contribution in [1.29, 1.82) is 0 Å². The third-order valence-electron chi connectivity index (χ3n) is 5.90. The van der Waals surface area contributed by atoms with Crippen LogP contribution in [0, 0.1) is 6.92 Å². The van der Waals surface area contributed by atoms with E-state index in [1.54, 1.807) is 36.4 Å². The number of halogens is 1. The molecule has 0 aliphatic carbocycles. The van der Waals surface area contributed by atoms with Gasteiger partial charge in [-0.2, -0.15) is 5.10 Å². The predicted molar refractivity (Wildman–Crippen MR) is 162 cm³/mol. The lowest BCUT2D eigenvalue weighted by atomic mass is 10.2. The van der Waals surface area contributed by atoms with Crippen LogP contribution in [0.3, 0.4) is 0 Å². The number of thiophene rings is 1. The van der Waals surface area contributed by atoms with Crippen molar-refractivity contribution in [3.05, 3.63) is 124 Å². The molecule has 0 saturated carbocycles. The lowest BCUT2D eigenvalue weighted by Gasteiger charge is -2.09. The maximum atomic E-state index is 12.7. The minimum absolute atomic E-state index is 0.141. The van der Waals surface area contributed by atoms with Crippen LogP contribution in [-0.2, 0) is 10.0 Å². The van der Waals surface area contributed by atoms with Crippen molar-refractivity contribution in [2.75, 3.05) is 4.72 Å². The number of nitrogens with zero attached hydrogens (tertiary/aromatic N) is 1. The number of nitrogens with one attached hydrogen (secondary N) is 2. The first kappa shape index (κ1) is 28.0. The predicted octanol–water partition coefficient (Wildman–Crippen LogP) is 6.65. The van der Waals surface area contributed by atoms with Crippen molar-refractivity contribution in [3.8, 4) is 5.75 Å². The van der Waals surface area contributed by atoms with Crippen LogP contribution in [0.1, 0.15) is 31.2 Å². The molecule has 1 amide bonds. The molecule has 41 heavy (non-hydrogen) atoms. The minimum atomic E-state index is -3.75. The third-order valence-corrected chi connectivity index (χ3v) is 8.95. The highest BCUT2D eigenvalue weighted by atomic mass is 35.5. The Kier molecular flexibility index (Phi) is 8.16. The molecule has 0 atom stereocenters. The van der Waals surface area contributed by atoms with Crippen LogP contribution >= 0.6 is 22.9 Å². The normalized spacial score (nSPS) is 11.5. The Bertz CT molecular complexity index is 1880. The number of esters is 1. The number of ether oxygens (including phenoxy) is 1. The maximum Gasteiger partial charge on any atom is 0.355 e. The van der Waals surface area contributed by atoms with Crippen LogP contribution in [0.4, 0.5) is 5.69 Å². The third kappa shape index (κ3) is 6.63. The standard InChI is InChI=1S/C30H22ClN3O5S2/c1-19-9-15-24(16-10-19)41(37,38)34-22-13-11-21(12-14-22)29(35)33-32-18-20-5-4-6-23(17-20)39-30(36)28-27(31)25-7-2-3-8-26(25)40-28/h2-18,34H,1H3,(H,33,35). The van der Waals surface area contributed by atoms with Gasteiger partial charge < -0.3 is 4.74 Å². The molecular formula is C30H22ClN3O5S2. The number of benzene rings is 4. The second-order valence-corrected chi connectivity index (χ2v) is 12.0. The summed E-state index contributed by atoms with van der Waals surface area (Å²) in [5.74, 6) is -0.762. The lowest BCUT2D eigenvalue weighted by Crippen LogP contribution is -2.18. The summed E-state index contributed by atoms with van der Waals surface area (Å²) in [6.45, 7) is 1.87. The van der Waals surface area contributed by atoms with Crippen molar-refractivity contribution in [1.82, 2.24) is 5.43 Å². The molecule has 1 heterocycles. The number of carbonyl (C=O) groups is 2. The molecule has 0 unspecified atom stereocenters. The quantitative estimate of drug-likeness (QED) is 0.0892. The molecule has 4 aromatic carbocycles. The fourth-order valence-electron chi connectivity index (χ4n) is 3.81. The summed E-state index contributed by atoms with van der Waals surface area (Å²) in [6, 6.07) is 26.5. The first-order valence-corrected chi connectivity index (χ1v) is 14.9. The molecule has 11 heteroatoms. The highest BCUT2D eigenvalue weighted by molar-refractivity contribution is 7.92. The summed E-state index contributed by atoms with van der Waals surface area (Å²) in [4.78, 5) is 25.7. The Labute approximate surface area is 245 Å². The molecule has 0 aliphatic heterocycles. The number of rotatable bonds is 8. The fourth-order valence-corrected chi connectivity index (χ4v) is 6.25. The summed E-state index contributed by atoms with van der Waals surface area (Å²) >= 11 is 7.64. The number of hydrazone groups is 1. The molecule has 0 aliphatic rings. The number of hydrogen-bond donors (Lipinski definition) is 2. The molecule has 2 N–H and O–H groups in total. The molecule has 0 spiro atoms. The minimum Gasteiger partial charge on any atom is -0.422 e. The summed E-state index contributed by atoms with van der Waals surface area (Å²) in [7, 11) is -3.75. The zero-order valence-electron chi connectivity index (χ0n) is 21.5. The van der Waals surface area contributed by atoms with Gasteiger partial charge in [0.1, 0.15) is 10.6 Å². The number of sulfonamides is 1. The summed E-state index contributed by atoms with van der Waals surface area (Å²) in [5, 5.41) is 5.12. The van der Waals surface area contributed by atoms with E-state index in [2.05, 4.69) is 15.2 Å². The van der Waals surface area contributed by atoms with Gasteiger partial charge in [0, 0.05) is 21.3 Å². The van der Waals surface area contributed by atoms with Gasteiger partial charge in [-0.15, -0.1) is 11.3 Å². The van der Waals surface area contributed by atoms with E-state index in [1.807, 2.05) is 31.2 Å². The molecule has 8 nitrogen and oxygen atoms in total. The topological polar surface area (TPSA) is 114 Å². The Balaban J connectivity index is 1.18. The van der Waals surface area contributed by atoms with Gasteiger partial charge in [-0.3, -0.25) is 9.52 Å². The zero-order valence-corrected chi connectivity index (χ0v) is 23.9. The SMILES string of the molecule is Cc1ccc(S(=O)(=O)Nc2ccc(C(=O)NN=Cc3cccc(OC(=O)c4sc5ccccc5c4Cl)c3)cc2)cc1. The number of anilines is 1. The number of hydrogen-bond acceptors (Lipinski definition) is 7. The van der Waals surface area contributed by atoms with Gasteiger partial charge in [0.2, 0.25) is 0 Å². The lowest BCUT2D eigenvalue weighted by molar-refractivity contribution is 0.0739. The van der Waals surface area contributed by atoms with Crippen molar-refractivity contribution in [2.45, 2.75) is 11.8 Å². The van der Waals surface area contributed by atoms with E-state index in [0.717, 1.165) is 15.6 Å². The number of amides is 1. The number of carbonyl (C=O) groups excluding carboxylic acids is 2. The van der Waals surface area contributed by atoms with Crippen molar-refractivity contribution >= 4 is 66.8 Å². The average Bonchev–Trinajstić information content (AvgIpc) is 3.30. The number of fused-ring (bicyclic) bond motifs is 1. The van der Waals surface area contributed by atoms with E-state index in [4.69, 9.17) is 16.3 Å². The van der Waals surface area contributed by atoms with E-state index in [0.29, 0.717) is 26.9 Å². The van der Waals surface area contributed by atoms with Crippen molar-refractivity contribution < 1.29 is 22.7 Å². The zero-order chi connectivity index (χ0) is 29.0. The van der Waals surface area contributed by atoms with Crippen LogP contribution in [0.2, 0.25) is 5.02 Å². The van der Waals surface area contributed by atoms with Crippen LogP contribution in [0.15, 0.2) is 107 Å². The Morgan fingerprint density at radius 2 is 1.66 bits per heavy atom. The average molecular weight is 604 g/mol. The van der Waals surface area contributed by atoms with E-state index in [1.165, 1.54) is 53.9 Å². The molecule has 206 valence electrons. The van der Waals surface area contributed by atoms with Gasteiger partial charge in [-0.1, -0.05) is 59.6 Å². The van der Waals surface area contributed by atoms with Gasteiger partial charge in [-0.05, 0) is 67.1 Å². The smallest absolute Gasteiger partial charge is 0.355 e. The summed E-state index contributed by atoms with van der Waals surface area (Å²) in [5.41, 5.74) is 4.55. The second-order valence-electron chi connectivity index (χ2n) is 8.90. The van der Waals surface area contributed by atoms with E-state index in [9.17, 15) is 18.0 Å². The molecule has 1 aromatic heterocycles. The monoisotopic (exact) mass is 603 g/mol.